The van der Waals surface area contributed by atoms with Gasteiger partial charge in [-0.2, -0.15) is 0 Å². The predicted molar refractivity (Wildman–Crippen MR) is 160 cm³/mol. The second-order valence-corrected chi connectivity index (χ2v) is 10.2. The zero-order chi connectivity index (χ0) is 25.9. The summed E-state index contributed by atoms with van der Waals surface area (Å²) in [6, 6.07) is 22.1. The van der Waals surface area contributed by atoms with Crippen molar-refractivity contribution in [3.05, 3.63) is 98.2 Å². The normalized spacial score (nSPS) is 11.2. The molecule has 0 bridgehead atoms. The number of furan rings is 1. The zero-order valence-electron chi connectivity index (χ0n) is 18.8. The van der Waals surface area contributed by atoms with Crippen LogP contribution < -0.4 is 10.6 Å². The van der Waals surface area contributed by atoms with E-state index >= 15 is 0 Å². The highest BCUT2D eigenvalue weighted by Crippen LogP contribution is 2.34. The average molecular weight is 660 g/mol. The van der Waals surface area contributed by atoms with E-state index in [2.05, 4.69) is 38.2 Å². The Bertz CT molecular complexity index is 1680. The number of halogens is 3. The van der Waals surface area contributed by atoms with Gasteiger partial charge in [-0.15, -0.1) is 0 Å². The van der Waals surface area contributed by atoms with Crippen molar-refractivity contribution in [3.63, 3.8) is 0 Å². The number of thiocarbonyl (C=S) groups is 1. The van der Waals surface area contributed by atoms with Crippen LogP contribution in [-0.2, 0) is 4.79 Å². The average Bonchev–Trinajstić information content (AvgIpc) is 3.51. The highest BCUT2D eigenvalue weighted by atomic mass is 127. The molecule has 0 fully saturated rings. The van der Waals surface area contributed by atoms with Crippen molar-refractivity contribution < 1.29 is 13.6 Å². The van der Waals surface area contributed by atoms with Crippen LogP contribution in [0.3, 0.4) is 0 Å². The number of amides is 1. The van der Waals surface area contributed by atoms with Gasteiger partial charge in [-0.05, 0) is 102 Å². The molecule has 2 aromatic heterocycles. The fourth-order valence-corrected chi connectivity index (χ4v) is 4.66. The van der Waals surface area contributed by atoms with Crippen LogP contribution in [0.5, 0.6) is 0 Å². The maximum Gasteiger partial charge on any atom is 0.250 e. The topological polar surface area (TPSA) is 80.3 Å². The molecule has 1 amide bonds. The largest absolute Gasteiger partial charge is 0.457 e. The van der Waals surface area contributed by atoms with Crippen molar-refractivity contribution in [2.24, 2.45) is 0 Å². The molecule has 0 radical (unpaired) electrons. The highest BCUT2D eigenvalue weighted by molar-refractivity contribution is 14.1. The molecule has 2 heterocycles. The van der Waals surface area contributed by atoms with E-state index < -0.39 is 5.91 Å². The third-order valence-electron chi connectivity index (χ3n) is 5.20. The van der Waals surface area contributed by atoms with Gasteiger partial charge in [0.05, 0.1) is 10.0 Å². The minimum atomic E-state index is -0.417. The fraction of sp³-hybridized carbons (Fsp3) is 0. The van der Waals surface area contributed by atoms with Crippen molar-refractivity contribution in [1.82, 2.24) is 10.3 Å². The Morgan fingerprint density at radius 1 is 1.00 bits per heavy atom. The molecule has 5 rings (SSSR count). The lowest BCUT2D eigenvalue weighted by Crippen LogP contribution is -2.32. The third kappa shape index (κ3) is 6.04. The highest BCUT2D eigenvalue weighted by Gasteiger charge is 2.12. The van der Waals surface area contributed by atoms with E-state index in [0.717, 1.165) is 9.13 Å². The zero-order valence-corrected chi connectivity index (χ0v) is 23.3. The Labute approximate surface area is 240 Å². The van der Waals surface area contributed by atoms with Crippen LogP contribution >= 0.6 is 58.0 Å². The number of fused-ring (bicyclic) bond motifs is 1. The molecule has 3 aromatic carbocycles. The Morgan fingerprint density at radius 3 is 2.68 bits per heavy atom. The standard InChI is InChI=1S/C27H16Cl2IN3O3S/c28-20-6-2-5-19(25(20)29)22-11-8-18(35-22)9-12-24(34)33-27(37)31-17-7-10-23-21(14-17)32-26(36-23)15-3-1-4-16(30)13-15/h1-14H,(H2,31,33,34,37). The Kier molecular flexibility index (Phi) is 7.61. The minimum Gasteiger partial charge on any atom is -0.457 e. The van der Waals surface area contributed by atoms with Gasteiger partial charge in [0.25, 0.3) is 0 Å². The molecule has 0 saturated heterocycles. The molecule has 37 heavy (non-hydrogen) atoms. The molecular weight excluding hydrogens is 644 g/mol. The van der Waals surface area contributed by atoms with E-state index in [4.69, 9.17) is 44.3 Å². The lowest BCUT2D eigenvalue weighted by atomic mass is 10.2. The van der Waals surface area contributed by atoms with E-state index in [1.165, 1.54) is 12.2 Å². The maximum absolute atomic E-state index is 12.4. The third-order valence-corrected chi connectivity index (χ3v) is 6.89. The second kappa shape index (κ2) is 11.1. The molecule has 2 N–H and O–H groups in total. The summed E-state index contributed by atoms with van der Waals surface area (Å²) < 4.78 is 12.7. The molecule has 184 valence electrons. The molecule has 0 atom stereocenters. The first-order valence-corrected chi connectivity index (χ1v) is 13.1. The molecule has 0 aliphatic rings. The number of nitrogens with zero attached hydrogens (tertiary/aromatic N) is 1. The quantitative estimate of drug-likeness (QED) is 0.113. The number of carbonyl (C=O) groups is 1. The van der Waals surface area contributed by atoms with Crippen molar-refractivity contribution in [3.8, 4) is 22.8 Å². The summed E-state index contributed by atoms with van der Waals surface area (Å²) in [5.41, 5.74) is 3.54. The molecule has 0 aliphatic heterocycles. The first-order chi connectivity index (χ1) is 17.9. The minimum absolute atomic E-state index is 0.140. The van der Waals surface area contributed by atoms with Gasteiger partial charge in [-0.1, -0.05) is 35.3 Å². The van der Waals surface area contributed by atoms with Crippen LogP contribution in [-0.4, -0.2) is 16.0 Å². The monoisotopic (exact) mass is 659 g/mol. The molecular formula is C27H16Cl2IN3O3S. The van der Waals surface area contributed by atoms with Gasteiger partial charge in [-0.3, -0.25) is 10.1 Å². The lowest BCUT2D eigenvalue weighted by molar-refractivity contribution is -0.115. The lowest BCUT2D eigenvalue weighted by Gasteiger charge is -2.07. The number of hydrogen-bond donors (Lipinski definition) is 2. The molecule has 6 nitrogen and oxygen atoms in total. The van der Waals surface area contributed by atoms with Crippen LogP contribution in [0.15, 0.2) is 87.7 Å². The second-order valence-electron chi connectivity index (χ2n) is 7.79. The van der Waals surface area contributed by atoms with E-state index in [9.17, 15) is 4.79 Å². The van der Waals surface area contributed by atoms with E-state index in [0.29, 0.717) is 49.8 Å². The number of rotatable bonds is 5. The smallest absolute Gasteiger partial charge is 0.250 e. The van der Waals surface area contributed by atoms with Crippen LogP contribution in [0, 0.1) is 3.57 Å². The summed E-state index contributed by atoms with van der Waals surface area (Å²) in [5.74, 6) is 1.13. The van der Waals surface area contributed by atoms with Crippen molar-refractivity contribution in [2.45, 2.75) is 0 Å². The SMILES string of the molecule is O=C(C=Cc1ccc(-c2cccc(Cl)c2Cl)o1)NC(=S)Nc1ccc2oc(-c3cccc(I)c3)nc2c1. The van der Waals surface area contributed by atoms with Crippen molar-refractivity contribution in [1.29, 1.82) is 0 Å². The van der Waals surface area contributed by atoms with Gasteiger partial charge in [0.1, 0.15) is 17.0 Å². The Balaban J connectivity index is 1.21. The van der Waals surface area contributed by atoms with Gasteiger partial charge in [0.2, 0.25) is 11.8 Å². The van der Waals surface area contributed by atoms with Gasteiger partial charge < -0.3 is 14.2 Å². The van der Waals surface area contributed by atoms with E-state index in [1.54, 1.807) is 48.5 Å². The Morgan fingerprint density at radius 2 is 1.84 bits per heavy atom. The van der Waals surface area contributed by atoms with Crippen LogP contribution in [0.2, 0.25) is 10.0 Å². The van der Waals surface area contributed by atoms with Gasteiger partial charge >= 0.3 is 0 Å². The van der Waals surface area contributed by atoms with Gasteiger partial charge in [-0.25, -0.2) is 4.98 Å². The van der Waals surface area contributed by atoms with Gasteiger partial charge in [0, 0.05) is 26.5 Å². The number of nitrogens with one attached hydrogen (secondary N) is 2. The molecule has 0 saturated carbocycles. The summed E-state index contributed by atoms with van der Waals surface area (Å²) in [4.78, 5) is 16.9. The molecule has 10 heteroatoms. The number of benzene rings is 3. The summed E-state index contributed by atoms with van der Waals surface area (Å²) in [6.07, 6.45) is 2.86. The van der Waals surface area contributed by atoms with Crippen molar-refractivity contribution >= 4 is 91.9 Å². The van der Waals surface area contributed by atoms with Crippen molar-refractivity contribution in [2.75, 3.05) is 5.32 Å². The summed E-state index contributed by atoms with van der Waals surface area (Å²) in [7, 11) is 0. The number of anilines is 1. The van der Waals surface area contributed by atoms with Crippen LogP contribution in [0.4, 0.5) is 5.69 Å². The summed E-state index contributed by atoms with van der Waals surface area (Å²) in [6.45, 7) is 0. The molecule has 0 aliphatic carbocycles. The maximum atomic E-state index is 12.4. The fourth-order valence-electron chi connectivity index (χ4n) is 3.51. The molecule has 0 spiro atoms. The first kappa shape index (κ1) is 25.5. The first-order valence-electron chi connectivity index (χ1n) is 10.9. The van der Waals surface area contributed by atoms with E-state index in [1.807, 2.05) is 24.3 Å². The Hall–Kier alpha value is -3.18. The predicted octanol–water partition coefficient (Wildman–Crippen LogP) is 8.19. The van der Waals surface area contributed by atoms with Crippen LogP contribution in [0.1, 0.15) is 5.76 Å². The molecule has 0 unspecified atom stereocenters. The number of oxazole rings is 1. The molecule has 5 aromatic rings. The number of hydrogen-bond acceptors (Lipinski definition) is 5. The summed E-state index contributed by atoms with van der Waals surface area (Å²) in [5, 5.41) is 6.57. The number of carbonyl (C=O) groups excluding carboxylic acids is 1. The summed E-state index contributed by atoms with van der Waals surface area (Å²) >= 11 is 19.9. The number of aromatic nitrogens is 1. The van der Waals surface area contributed by atoms with E-state index in [-0.39, 0.29) is 5.11 Å². The van der Waals surface area contributed by atoms with Gasteiger partial charge in [0.15, 0.2) is 10.7 Å². The van der Waals surface area contributed by atoms with Crippen LogP contribution in [0.25, 0.3) is 40.0 Å².